The Morgan fingerprint density at radius 3 is 2.35 bits per heavy atom. The van der Waals surface area contributed by atoms with Crippen LogP contribution in [0.5, 0.6) is 0 Å². The van der Waals surface area contributed by atoms with E-state index in [-0.39, 0.29) is 11.8 Å². The van der Waals surface area contributed by atoms with Gasteiger partial charge in [0.25, 0.3) is 0 Å². The lowest BCUT2D eigenvalue weighted by atomic mass is 10.1. The number of rotatable bonds is 3. The average molecular weight is 340 g/mol. The number of likely N-dealkylation sites (tertiary alicyclic amines) is 1. The van der Waals surface area contributed by atoms with Gasteiger partial charge >= 0.3 is 6.09 Å². The molecular formula is C16H24N2O4S. The Bertz CT molecular complexity index is 630. The normalized spacial score (nSPS) is 17.1. The third-order valence-corrected chi connectivity index (χ3v) is 5.94. The summed E-state index contributed by atoms with van der Waals surface area (Å²) in [5.41, 5.74) is 0.205. The maximum absolute atomic E-state index is 12.5. The molecule has 1 fully saturated rings. The molecule has 2 rings (SSSR count). The minimum atomic E-state index is -3.23. The molecule has 1 aliphatic heterocycles. The van der Waals surface area contributed by atoms with E-state index in [0.29, 0.717) is 25.9 Å². The van der Waals surface area contributed by atoms with Crippen molar-refractivity contribution in [3.05, 3.63) is 30.1 Å². The van der Waals surface area contributed by atoms with E-state index in [0.717, 1.165) is 5.56 Å². The minimum Gasteiger partial charge on any atom is -0.444 e. The number of nitrogens with zero attached hydrogens (tertiary/aromatic N) is 2. The van der Waals surface area contributed by atoms with Crippen LogP contribution in [0.1, 0.15) is 39.2 Å². The van der Waals surface area contributed by atoms with Crippen LogP contribution in [0, 0.1) is 0 Å². The summed E-state index contributed by atoms with van der Waals surface area (Å²) in [5.74, 6) is 0.0205. The number of hydrogen-bond acceptors (Lipinski definition) is 5. The second-order valence-electron chi connectivity index (χ2n) is 6.83. The van der Waals surface area contributed by atoms with Crippen LogP contribution in [-0.2, 0) is 20.3 Å². The molecule has 2 heterocycles. The number of carbonyl (C=O) groups is 1. The van der Waals surface area contributed by atoms with Crippen LogP contribution in [-0.4, -0.2) is 48.3 Å². The largest absolute Gasteiger partial charge is 0.444 e. The van der Waals surface area contributed by atoms with Gasteiger partial charge in [-0.1, -0.05) is 0 Å². The van der Waals surface area contributed by atoms with Gasteiger partial charge in [-0.25, -0.2) is 13.2 Å². The van der Waals surface area contributed by atoms with Crippen LogP contribution in [0.3, 0.4) is 0 Å². The van der Waals surface area contributed by atoms with Crippen molar-refractivity contribution in [1.29, 1.82) is 0 Å². The molecule has 0 saturated carbocycles. The summed E-state index contributed by atoms with van der Waals surface area (Å²) in [6, 6.07) is 3.43. The van der Waals surface area contributed by atoms with Gasteiger partial charge in [0, 0.05) is 25.5 Å². The molecule has 7 heteroatoms. The maximum atomic E-state index is 12.5. The molecule has 0 N–H and O–H groups in total. The van der Waals surface area contributed by atoms with Crippen LogP contribution in [0.4, 0.5) is 4.79 Å². The van der Waals surface area contributed by atoms with Crippen molar-refractivity contribution in [2.45, 2.75) is 50.2 Å². The number of hydrogen-bond donors (Lipinski definition) is 0. The van der Waals surface area contributed by atoms with Gasteiger partial charge in [-0.3, -0.25) is 4.98 Å². The Kier molecular flexibility index (Phi) is 5.29. The summed E-state index contributed by atoms with van der Waals surface area (Å²) < 4.78 is 30.3. The molecule has 0 atom stereocenters. The zero-order valence-corrected chi connectivity index (χ0v) is 14.7. The smallest absolute Gasteiger partial charge is 0.410 e. The fourth-order valence-corrected chi connectivity index (χ4v) is 4.37. The SMILES string of the molecule is CC(C)(C)OC(=O)N1CCC(S(=O)(=O)Cc2ccncc2)CC1. The van der Waals surface area contributed by atoms with E-state index in [9.17, 15) is 13.2 Å². The van der Waals surface area contributed by atoms with Crippen LogP contribution in [0.15, 0.2) is 24.5 Å². The predicted molar refractivity (Wildman–Crippen MR) is 87.7 cm³/mol. The van der Waals surface area contributed by atoms with Gasteiger partial charge < -0.3 is 9.64 Å². The molecule has 128 valence electrons. The number of ether oxygens (including phenoxy) is 1. The van der Waals surface area contributed by atoms with E-state index in [1.807, 2.05) is 20.8 Å². The fourth-order valence-electron chi connectivity index (χ4n) is 2.55. The number of pyridine rings is 1. The van der Waals surface area contributed by atoms with Gasteiger partial charge in [0.15, 0.2) is 9.84 Å². The first-order valence-electron chi connectivity index (χ1n) is 7.76. The van der Waals surface area contributed by atoms with Crippen LogP contribution in [0.25, 0.3) is 0 Å². The van der Waals surface area contributed by atoms with E-state index in [1.165, 1.54) is 0 Å². The zero-order valence-electron chi connectivity index (χ0n) is 13.9. The summed E-state index contributed by atoms with van der Waals surface area (Å²) in [6.07, 6.45) is 3.72. The molecule has 1 aliphatic rings. The van der Waals surface area contributed by atoms with Crippen LogP contribution in [0.2, 0.25) is 0 Å². The molecule has 1 aromatic rings. The van der Waals surface area contributed by atoms with Gasteiger partial charge in [-0.2, -0.15) is 0 Å². The summed E-state index contributed by atoms with van der Waals surface area (Å²) in [7, 11) is -3.23. The molecule has 1 amide bonds. The highest BCUT2D eigenvalue weighted by atomic mass is 32.2. The van der Waals surface area contributed by atoms with Crippen molar-refractivity contribution in [2.75, 3.05) is 13.1 Å². The number of piperidine rings is 1. The summed E-state index contributed by atoms with van der Waals surface area (Å²) in [6.45, 7) is 6.27. The molecule has 23 heavy (non-hydrogen) atoms. The Hall–Kier alpha value is -1.63. The number of aromatic nitrogens is 1. The Morgan fingerprint density at radius 1 is 1.26 bits per heavy atom. The predicted octanol–water partition coefficient (Wildman–Crippen LogP) is 2.40. The van der Waals surface area contributed by atoms with Crippen molar-refractivity contribution in [2.24, 2.45) is 0 Å². The van der Waals surface area contributed by atoms with Crippen molar-refractivity contribution >= 4 is 15.9 Å². The van der Waals surface area contributed by atoms with Crippen LogP contribution >= 0.6 is 0 Å². The highest BCUT2D eigenvalue weighted by Gasteiger charge is 2.33. The molecule has 1 aromatic heterocycles. The van der Waals surface area contributed by atoms with Gasteiger partial charge in [0.1, 0.15) is 5.60 Å². The number of carbonyl (C=O) groups excluding carboxylic acids is 1. The Morgan fingerprint density at radius 2 is 1.83 bits per heavy atom. The van der Waals surface area contributed by atoms with Gasteiger partial charge in [0.2, 0.25) is 0 Å². The standard InChI is InChI=1S/C16H24N2O4S/c1-16(2,3)22-15(19)18-10-6-14(7-11-18)23(20,21)12-13-4-8-17-9-5-13/h4-5,8-9,14H,6-7,10-12H2,1-3H3. The molecule has 0 bridgehead atoms. The first-order chi connectivity index (χ1) is 10.7. The lowest BCUT2D eigenvalue weighted by Gasteiger charge is -2.33. The molecule has 6 nitrogen and oxygen atoms in total. The molecule has 0 spiro atoms. The second-order valence-corrected chi connectivity index (χ2v) is 9.11. The fraction of sp³-hybridized carbons (Fsp3) is 0.625. The highest BCUT2D eigenvalue weighted by Crippen LogP contribution is 2.22. The lowest BCUT2D eigenvalue weighted by Crippen LogP contribution is -2.44. The third-order valence-electron chi connectivity index (χ3n) is 3.72. The van der Waals surface area contributed by atoms with Crippen molar-refractivity contribution in [3.8, 4) is 0 Å². The average Bonchev–Trinajstić information content (AvgIpc) is 2.46. The molecule has 0 aliphatic carbocycles. The van der Waals surface area contributed by atoms with Crippen LogP contribution < -0.4 is 0 Å². The van der Waals surface area contributed by atoms with Crippen molar-refractivity contribution in [1.82, 2.24) is 9.88 Å². The zero-order chi connectivity index (χ0) is 17.1. The molecule has 0 aromatic carbocycles. The van der Waals surface area contributed by atoms with E-state index in [1.54, 1.807) is 29.4 Å². The van der Waals surface area contributed by atoms with Gasteiger partial charge in [-0.05, 0) is 51.3 Å². The molecule has 0 radical (unpaired) electrons. The second kappa shape index (κ2) is 6.86. The number of amides is 1. The summed E-state index contributed by atoms with van der Waals surface area (Å²) in [4.78, 5) is 17.5. The Balaban J connectivity index is 1.92. The first kappa shape index (κ1) is 17.7. The maximum Gasteiger partial charge on any atom is 0.410 e. The minimum absolute atomic E-state index is 0.0205. The van der Waals surface area contributed by atoms with E-state index < -0.39 is 20.7 Å². The van der Waals surface area contributed by atoms with Crippen molar-refractivity contribution in [3.63, 3.8) is 0 Å². The quantitative estimate of drug-likeness (QED) is 0.844. The summed E-state index contributed by atoms with van der Waals surface area (Å²) >= 11 is 0. The topological polar surface area (TPSA) is 76.6 Å². The van der Waals surface area contributed by atoms with E-state index in [2.05, 4.69) is 4.98 Å². The highest BCUT2D eigenvalue weighted by molar-refractivity contribution is 7.91. The lowest BCUT2D eigenvalue weighted by molar-refractivity contribution is 0.0217. The monoisotopic (exact) mass is 340 g/mol. The van der Waals surface area contributed by atoms with Crippen molar-refractivity contribution < 1.29 is 17.9 Å². The van der Waals surface area contributed by atoms with Gasteiger partial charge in [-0.15, -0.1) is 0 Å². The number of sulfone groups is 1. The van der Waals surface area contributed by atoms with E-state index in [4.69, 9.17) is 4.74 Å². The van der Waals surface area contributed by atoms with Gasteiger partial charge in [0.05, 0.1) is 11.0 Å². The molecular weight excluding hydrogens is 316 g/mol. The first-order valence-corrected chi connectivity index (χ1v) is 9.47. The molecule has 0 unspecified atom stereocenters. The molecule has 1 saturated heterocycles. The third kappa shape index (κ3) is 5.20. The summed E-state index contributed by atoms with van der Waals surface area (Å²) in [5, 5.41) is -0.408. The van der Waals surface area contributed by atoms with E-state index >= 15 is 0 Å². The Labute approximate surface area is 137 Å².